The van der Waals surface area contributed by atoms with Crippen LogP contribution in [-0.2, 0) is 19.1 Å². The van der Waals surface area contributed by atoms with E-state index in [2.05, 4.69) is 10.6 Å². The monoisotopic (exact) mass is 861 g/mol. The molecule has 9 rings (SSSR count). The van der Waals surface area contributed by atoms with Crippen LogP contribution in [0.2, 0.25) is 0 Å². The van der Waals surface area contributed by atoms with Crippen molar-refractivity contribution in [2.45, 2.75) is 158 Å². The molecular weight excluding hydrogens is 793 g/mol. The lowest BCUT2D eigenvalue weighted by atomic mass is 9.52. The number of rotatable bonds is 4. The number of nitrogens with two attached hydrogens (primary N) is 1. The molecule has 0 aromatic carbocycles. The van der Waals surface area contributed by atoms with Crippen LogP contribution in [-0.4, -0.2) is 116 Å². The number of aliphatic hydroxyl groups excluding tert-OH is 5. The molecule has 59 heavy (non-hydrogen) atoms. The van der Waals surface area contributed by atoms with E-state index in [4.69, 9.17) is 9.47 Å². The molecule has 8 fully saturated rings. The number of piperidine rings is 1. The number of allylic oxidation sites excluding steroid dienone is 4. The normalized spacial score (nSPS) is 47.9. The van der Waals surface area contributed by atoms with Gasteiger partial charge in [-0.25, -0.2) is 0 Å². The van der Waals surface area contributed by atoms with Gasteiger partial charge in [-0.15, -0.1) is 0 Å². The third kappa shape index (κ3) is 7.65. The molecule has 330 valence electrons. The van der Waals surface area contributed by atoms with Gasteiger partial charge < -0.3 is 45.4 Å². The quantitative estimate of drug-likeness (QED) is 0.191. The highest BCUT2D eigenvalue weighted by molar-refractivity contribution is 8.76. The molecule has 14 heteroatoms. The molecule has 0 aromatic rings. The molecule has 9 aliphatic rings. The van der Waals surface area contributed by atoms with E-state index in [9.17, 15) is 35.4 Å². The highest BCUT2D eigenvalue weighted by atomic mass is 33.1. The summed E-state index contributed by atoms with van der Waals surface area (Å²) in [5, 5.41) is 75.8. The van der Waals surface area contributed by atoms with Crippen LogP contribution in [0.15, 0.2) is 23.5 Å². The van der Waals surface area contributed by atoms with Gasteiger partial charge in [0.2, 0.25) is 0 Å². The summed E-state index contributed by atoms with van der Waals surface area (Å²) in [6.07, 6.45) is 12.8. The Balaban J connectivity index is 1.06. The van der Waals surface area contributed by atoms with Gasteiger partial charge in [-0.05, 0) is 111 Å². The van der Waals surface area contributed by atoms with Crippen molar-refractivity contribution in [3.8, 4) is 0 Å². The van der Waals surface area contributed by atoms with Gasteiger partial charge in [0.25, 0.3) is 0 Å². The van der Waals surface area contributed by atoms with Gasteiger partial charge in [0, 0.05) is 31.1 Å². The van der Waals surface area contributed by atoms with Crippen molar-refractivity contribution in [2.75, 3.05) is 31.4 Å². The van der Waals surface area contributed by atoms with Crippen molar-refractivity contribution in [1.82, 2.24) is 5.32 Å². The smallest absolute Gasteiger partial charge is 0.187 e. The molecular formula is C45H69N2O10S2+. The van der Waals surface area contributed by atoms with E-state index < -0.39 is 66.1 Å². The maximum atomic E-state index is 15.4. The van der Waals surface area contributed by atoms with Crippen LogP contribution >= 0.6 is 21.6 Å². The Morgan fingerprint density at radius 3 is 2.46 bits per heavy atom. The molecule has 0 aromatic heterocycles. The number of quaternary nitrogens is 1. The molecule has 7 unspecified atom stereocenters. The zero-order chi connectivity index (χ0) is 41.2. The summed E-state index contributed by atoms with van der Waals surface area (Å²) < 4.78 is 12.8. The molecule has 3 heterocycles. The number of hydrogen-bond donors (Lipinski definition) is 8. The minimum Gasteiger partial charge on any atom is -0.511 e. The van der Waals surface area contributed by atoms with Gasteiger partial charge in [-0.1, -0.05) is 59.8 Å². The Hall–Kier alpha value is -1.04. The van der Waals surface area contributed by atoms with Gasteiger partial charge in [0.1, 0.15) is 47.0 Å². The Morgan fingerprint density at radius 1 is 0.864 bits per heavy atom. The lowest BCUT2D eigenvalue weighted by Crippen LogP contribution is -2.95. The molecule has 9 N–H and O–H groups in total. The predicted octanol–water partition coefficient (Wildman–Crippen LogP) is 3.65. The number of nitrogens with one attached hydrogen (secondary N) is 1. The van der Waals surface area contributed by atoms with Gasteiger partial charge in [-0.3, -0.25) is 14.9 Å². The second-order valence-electron chi connectivity index (χ2n) is 20.6. The molecule has 6 bridgehead atoms. The SMILES string of the molecule is O=C1C2CCCC3O[C@@H]4O[C@H](CO)[C@@H](O)[C@](O)(C[C@@]5(CCC6(CCCC6)C5)C5CC[NH2+]C(C5)NCSSC[C@@]5(C(=O)C32)C(O)=CC(CC2CCCC(CO)C2)=C[C@@H]15)[C@H]4O. The molecule has 5 saturated carbocycles. The Labute approximate surface area is 356 Å². The van der Waals surface area contributed by atoms with Crippen molar-refractivity contribution in [3.05, 3.63) is 23.5 Å². The first-order valence-corrected chi connectivity index (χ1v) is 25.6. The van der Waals surface area contributed by atoms with Crippen LogP contribution in [0.25, 0.3) is 0 Å². The van der Waals surface area contributed by atoms with E-state index in [0.717, 1.165) is 82.7 Å². The van der Waals surface area contributed by atoms with Crippen molar-refractivity contribution in [1.29, 1.82) is 0 Å². The first kappa shape index (κ1) is 43.2. The Morgan fingerprint density at radius 2 is 1.66 bits per heavy atom. The molecule has 3 aliphatic heterocycles. The maximum absolute atomic E-state index is 15.4. The molecule has 3 spiro atoms. The minimum atomic E-state index is -2.06. The number of hydrogen-bond acceptors (Lipinski definition) is 13. The summed E-state index contributed by atoms with van der Waals surface area (Å²) >= 11 is 0. The predicted molar refractivity (Wildman–Crippen MR) is 223 cm³/mol. The van der Waals surface area contributed by atoms with E-state index in [1.54, 1.807) is 16.9 Å². The molecule has 3 saturated heterocycles. The molecule has 0 amide bonds. The number of ether oxygens (including phenoxy) is 2. The third-order valence-electron chi connectivity index (χ3n) is 17.4. The van der Waals surface area contributed by atoms with Gasteiger partial charge in [0.05, 0.1) is 37.0 Å². The number of aliphatic hydroxyl groups is 6. The molecule has 12 nitrogen and oxygen atoms in total. The lowest BCUT2D eigenvalue weighted by molar-refractivity contribution is -0.705. The van der Waals surface area contributed by atoms with Gasteiger partial charge in [0.15, 0.2) is 12.1 Å². The summed E-state index contributed by atoms with van der Waals surface area (Å²) in [6.45, 7) is 0.475. The topological polar surface area (TPSA) is 203 Å². The molecule has 15 atom stereocenters. The summed E-state index contributed by atoms with van der Waals surface area (Å²) in [5.41, 5.74) is -2.83. The lowest BCUT2D eigenvalue weighted by Gasteiger charge is -2.55. The standard InChI is InChI=1S/C45H68N2O10S2/c48-20-27-6-3-5-26(15-27)16-28-17-31-37(51)30-7-4-8-32-36(30)39(53)44(31,34(50)18-28)24-58-59-25-47-35-19-29(9-14-46-35)43(13-12-42(22-43)10-1-2-11-42)23-45(55)38(52)33(21-49)57-41(56-32)40(45)54/h17-18,26-27,29-33,35-36,38,40-41,46-50,52,54-55H,1-16,19-25H2/p+1/t26?,27?,29?,30?,31-,32?,33+,35?,36?,38+,40-,41+,43-,44-,45+/m0/s1. The van der Waals surface area contributed by atoms with Crippen molar-refractivity contribution >= 4 is 33.2 Å². The van der Waals surface area contributed by atoms with E-state index in [0.29, 0.717) is 37.5 Å². The number of ketones is 2. The fraction of sp³-hybridized carbons (Fsp3) is 0.867. The first-order valence-electron chi connectivity index (χ1n) is 23.1. The summed E-state index contributed by atoms with van der Waals surface area (Å²) in [6, 6.07) is 0. The fourth-order valence-electron chi connectivity index (χ4n) is 14.4. The summed E-state index contributed by atoms with van der Waals surface area (Å²) in [5.74, 6) is -1.15. The average Bonchev–Trinajstić information content (AvgIpc) is 3.86. The summed E-state index contributed by atoms with van der Waals surface area (Å²) in [4.78, 5) is 30.3. The van der Waals surface area contributed by atoms with Crippen LogP contribution < -0.4 is 10.6 Å². The van der Waals surface area contributed by atoms with Crippen molar-refractivity contribution in [3.63, 3.8) is 0 Å². The highest BCUT2D eigenvalue weighted by Crippen LogP contribution is 2.64. The molecule has 6 aliphatic carbocycles. The van der Waals surface area contributed by atoms with Gasteiger partial charge in [-0.2, -0.15) is 0 Å². The second-order valence-corrected chi connectivity index (χ2v) is 23.1. The van der Waals surface area contributed by atoms with Crippen molar-refractivity contribution < 1.29 is 55.0 Å². The Kier molecular flexibility index (Phi) is 12.6. The Bertz CT molecular complexity index is 1640. The van der Waals surface area contributed by atoms with E-state index in [1.165, 1.54) is 23.6 Å². The average molecular weight is 862 g/mol. The number of carbonyl (C=O) groups is 2. The molecule has 0 radical (unpaired) electrons. The highest BCUT2D eigenvalue weighted by Gasteiger charge is 2.66. The third-order valence-corrected chi connectivity index (χ3v) is 19.6. The number of Topliss-reactive ketones (excluding diaryl/α,β-unsaturated/α-hetero) is 2. The van der Waals surface area contributed by atoms with Crippen LogP contribution in [0.3, 0.4) is 0 Å². The minimum absolute atomic E-state index is 0.0767. The van der Waals surface area contributed by atoms with E-state index in [-0.39, 0.29) is 64.9 Å². The van der Waals surface area contributed by atoms with Crippen LogP contribution in [0.4, 0.5) is 0 Å². The zero-order valence-corrected chi connectivity index (χ0v) is 36.2. The number of fused-ring (bicyclic) bond motifs is 5. The maximum Gasteiger partial charge on any atom is 0.187 e. The fourth-order valence-corrected chi connectivity index (χ4v) is 16.7. The van der Waals surface area contributed by atoms with Gasteiger partial charge >= 0.3 is 0 Å². The van der Waals surface area contributed by atoms with Crippen LogP contribution in [0.1, 0.15) is 116 Å². The zero-order valence-electron chi connectivity index (χ0n) is 34.6. The number of carbonyl (C=O) groups excluding carboxylic acids is 2. The van der Waals surface area contributed by atoms with E-state index >= 15 is 4.79 Å². The first-order chi connectivity index (χ1) is 28.4. The second kappa shape index (κ2) is 17.2. The van der Waals surface area contributed by atoms with Crippen LogP contribution in [0, 0.1) is 51.8 Å². The van der Waals surface area contributed by atoms with Crippen molar-refractivity contribution in [2.24, 2.45) is 51.8 Å². The summed E-state index contributed by atoms with van der Waals surface area (Å²) in [7, 11) is 3.12. The van der Waals surface area contributed by atoms with E-state index in [1.807, 2.05) is 6.08 Å². The van der Waals surface area contributed by atoms with Crippen LogP contribution in [0.5, 0.6) is 0 Å². The largest absolute Gasteiger partial charge is 0.511 e.